The molecule has 2 atom stereocenters. The monoisotopic (exact) mass is 299 g/mol. The van der Waals surface area contributed by atoms with Crippen LogP contribution >= 0.6 is 15.9 Å². The summed E-state index contributed by atoms with van der Waals surface area (Å²) < 4.78 is 1.01. The number of nitrogens with zero attached hydrogens (tertiary/aromatic N) is 2. The highest BCUT2D eigenvalue weighted by molar-refractivity contribution is 9.10. The fraction of sp³-hybridized carbons (Fsp3) is 0.615. The molecule has 0 radical (unpaired) electrons. The second-order valence-electron chi connectivity index (χ2n) is 4.28. The summed E-state index contributed by atoms with van der Waals surface area (Å²) in [6.07, 6.45) is 4.84. The van der Waals surface area contributed by atoms with E-state index in [-0.39, 0.29) is 6.04 Å². The molecule has 0 saturated carbocycles. The highest BCUT2D eigenvalue weighted by atomic mass is 79.9. The van der Waals surface area contributed by atoms with Crippen molar-refractivity contribution in [1.29, 1.82) is 0 Å². The van der Waals surface area contributed by atoms with E-state index in [2.05, 4.69) is 52.7 Å². The Kier molecular flexibility index (Phi) is 6.09. The second-order valence-corrected chi connectivity index (χ2v) is 5.19. The van der Waals surface area contributed by atoms with E-state index in [1.807, 2.05) is 6.20 Å². The van der Waals surface area contributed by atoms with E-state index in [0.717, 1.165) is 17.4 Å². The lowest BCUT2D eigenvalue weighted by molar-refractivity contribution is 0.151. The minimum absolute atomic E-state index is 0.250. The number of nitrogens with two attached hydrogens (primary N) is 1. The highest BCUT2D eigenvalue weighted by Crippen LogP contribution is 2.24. The van der Waals surface area contributed by atoms with Crippen LogP contribution in [0, 0.1) is 0 Å². The van der Waals surface area contributed by atoms with Crippen LogP contribution in [0.3, 0.4) is 0 Å². The number of rotatable bonds is 6. The van der Waals surface area contributed by atoms with Gasteiger partial charge in [-0.1, -0.05) is 13.8 Å². The first-order valence-electron chi connectivity index (χ1n) is 6.20. The van der Waals surface area contributed by atoms with E-state index in [0.29, 0.717) is 12.6 Å². The summed E-state index contributed by atoms with van der Waals surface area (Å²) in [5.74, 6) is 0. The molecule has 2 N–H and O–H groups in total. The average molecular weight is 300 g/mol. The average Bonchev–Trinajstić information content (AvgIpc) is 2.34. The zero-order chi connectivity index (χ0) is 12.8. The van der Waals surface area contributed by atoms with Gasteiger partial charge in [0.2, 0.25) is 0 Å². The molecular weight excluding hydrogens is 278 g/mol. The summed E-state index contributed by atoms with van der Waals surface area (Å²) in [4.78, 5) is 6.66. The Hall–Kier alpha value is -0.450. The molecule has 0 bridgehead atoms. The fourth-order valence-electron chi connectivity index (χ4n) is 2.15. The SMILES string of the molecule is CCC(C)N(CC)C(CN)c1cncc(Br)c1. The Morgan fingerprint density at radius 2 is 2.12 bits per heavy atom. The quantitative estimate of drug-likeness (QED) is 0.878. The lowest BCUT2D eigenvalue weighted by Crippen LogP contribution is -2.39. The summed E-state index contributed by atoms with van der Waals surface area (Å²) in [6.45, 7) is 8.26. The minimum atomic E-state index is 0.250. The Bertz CT molecular complexity index is 343. The molecule has 1 rings (SSSR count). The molecule has 17 heavy (non-hydrogen) atoms. The van der Waals surface area contributed by atoms with Crippen molar-refractivity contribution < 1.29 is 0 Å². The maximum absolute atomic E-state index is 5.94. The minimum Gasteiger partial charge on any atom is -0.329 e. The van der Waals surface area contributed by atoms with Gasteiger partial charge in [0.15, 0.2) is 0 Å². The predicted octanol–water partition coefficient (Wildman–Crippen LogP) is 2.96. The van der Waals surface area contributed by atoms with Gasteiger partial charge in [-0.15, -0.1) is 0 Å². The lowest BCUT2D eigenvalue weighted by Gasteiger charge is -2.34. The van der Waals surface area contributed by atoms with Crippen molar-refractivity contribution in [2.45, 2.75) is 39.3 Å². The lowest BCUT2D eigenvalue weighted by atomic mass is 10.0. The summed E-state index contributed by atoms with van der Waals surface area (Å²) in [5.41, 5.74) is 7.12. The molecular formula is C13H22BrN3. The Morgan fingerprint density at radius 1 is 1.41 bits per heavy atom. The molecule has 0 fully saturated rings. The summed E-state index contributed by atoms with van der Waals surface area (Å²) in [5, 5.41) is 0. The molecule has 0 aromatic carbocycles. The number of likely N-dealkylation sites (N-methyl/N-ethyl adjacent to an activating group) is 1. The third-order valence-electron chi connectivity index (χ3n) is 3.26. The number of hydrogen-bond acceptors (Lipinski definition) is 3. The van der Waals surface area contributed by atoms with Crippen molar-refractivity contribution in [2.24, 2.45) is 5.73 Å². The number of pyridine rings is 1. The van der Waals surface area contributed by atoms with E-state index < -0.39 is 0 Å². The summed E-state index contributed by atoms with van der Waals surface area (Å²) >= 11 is 3.46. The molecule has 2 unspecified atom stereocenters. The van der Waals surface area contributed by atoms with Gasteiger partial charge in [0.05, 0.1) is 0 Å². The van der Waals surface area contributed by atoms with Crippen LogP contribution in [0.4, 0.5) is 0 Å². The molecule has 3 nitrogen and oxygen atoms in total. The van der Waals surface area contributed by atoms with Gasteiger partial charge in [-0.25, -0.2) is 0 Å². The summed E-state index contributed by atoms with van der Waals surface area (Å²) in [7, 11) is 0. The van der Waals surface area contributed by atoms with Gasteiger partial charge >= 0.3 is 0 Å². The fourth-order valence-corrected chi connectivity index (χ4v) is 2.53. The highest BCUT2D eigenvalue weighted by Gasteiger charge is 2.21. The maximum Gasteiger partial charge on any atom is 0.0488 e. The van der Waals surface area contributed by atoms with E-state index in [9.17, 15) is 0 Å². The van der Waals surface area contributed by atoms with E-state index in [1.165, 1.54) is 5.56 Å². The largest absolute Gasteiger partial charge is 0.329 e. The normalized spacial score (nSPS) is 14.9. The van der Waals surface area contributed by atoms with Gasteiger partial charge in [-0.2, -0.15) is 0 Å². The molecule has 1 aromatic rings. The standard InChI is InChI=1S/C13H22BrN3/c1-4-10(3)17(5-2)13(7-15)11-6-12(14)9-16-8-11/h6,8-10,13H,4-5,7,15H2,1-3H3. The third kappa shape index (κ3) is 3.76. The molecule has 0 aliphatic heterocycles. The third-order valence-corrected chi connectivity index (χ3v) is 3.69. The molecule has 96 valence electrons. The van der Waals surface area contributed by atoms with E-state index in [1.54, 1.807) is 6.20 Å². The molecule has 4 heteroatoms. The number of halogens is 1. The van der Waals surface area contributed by atoms with Gasteiger partial charge in [-0.3, -0.25) is 9.88 Å². The molecule has 0 aliphatic carbocycles. The van der Waals surface area contributed by atoms with Crippen LogP contribution in [0.2, 0.25) is 0 Å². The number of hydrogen-bond donors (Lipinski definition) is 1. The Morgan fingerprint density at radius 3 is 2.59 bits per heavy atom. The van der Waals surface area contributed by atoms with Crippen molar-refractivity contribution in [2.75, 3.05) is 13.1 Å². The van der Waals surface area contributed by atoms with Crippen LogP contribution in [0.1, 0.15) is 38.8 Å². The first-order chi connectivity index (χ1) is 8.13. The van der Waals surface area contributed by atoms with Crippen LogP contribution in [-0.2, 0) is 0 Å². The van der Waals surface area contributed by atoms with Crippen LogP contribution in [0.15, 0.2) is 22.9 Å². The van der Waals surface area contributed by atoms with Crippen molar-refractivity contribution in [3.63, 3.8) is 0 Å². The van der Waals surface area contributed by atoms with Gasteiger partial charge in [0.25, 0.3) is 0 Å². The van der Waals surface area contributed by atoms with Crippen molar-refractivity contribution in [3.05, 3.63) is 28.5 Å². The molecule has 0 spiro atoms. The summed E-state index contributed by atoms with van der Waals surface area (Å²) in [6, 6.07) is 2.89. The van der Waals surface area contributed by atoms with Crippen molar-refractivity contribution >= 4 is 15.9 Å². The van der Waals surface area contributed by atoms with Gasteiger partial charge in [0.1, 0.15) is 0 Å². The van der Waals surface area contributed by atoms with Gasteiger partial charge in [-0.05, 0) is 47.4 Å². The predicted molar refractivity (Wildman–Crippen MR) is 75.9 cm³/mol. The number of aromatic nitrogens is 1. The maximum atomic E-state index is 5.94. The zero-order valence-electron chi connectivity index (χ0n) is 10.9. The van der Waals surface area contributed by atoms with Crippen LogP contribution < -0.4 is 5.73 Å². The molecule has 0 saturated heterocycles. The Balaban J connectivity index is 2.96. The van der Waals surface area contributed by atoms with Crippen LogP contribution in [0.25, 0.3) is 0 Å². The van der Waals surface area contributed by atoms with Crippen LogP contribution in [0.5, 0.6) is 0 Å². The molecule has 0 amide bonds. The first-order valence-corrected chi connectivity index (χ1v) is 6.99. The second kappa shape index (κ2) is 7.09. The Labute approximate surface area is 113 Å². The van der Waals surface area contributed by atoms with E-state index in [4.69, 9.17) is 5.73 Å². The van der Waals surface area contributed by atoms with Gasteiger partial charge < -0.3 is 5.73 Å². The smallest absolute Gasteiger partial charge is 0.0488 e. The molecule has 1 heterocycles. The first kappa shape index (κ1) is 14.6. The van der Waals surface area contributed by atoms with Crippen molar-refractivity contribution in [1.82, 2.24) is 9.88 Å². The topological polar surface area (TPSA) is 42.1 Å². The molecule has 1 aromatic heterocycles. The molecule has 0 aliphatic rings. The van der Waals surface area contributed by atoms with Crippen molar-refractivity contribution in [3.8, 4) is 0 Å². The van der Waals surface area contributed by atoms with Gasteiger partial charge in [0, 0.05) is 35.5 Å². The van der Waals surface area contributed by atoms with E-state index >= 15 is 0 Å². The van der Waals surface area contributed by atoms with Crippen LogP contribution in [-0.4, -0.2) is 29.0 Å². The zero-order valence-corrected chi connectivity index (χ0v) is 12.4.